The van der Waals surface area contributed by atoms with Gasteiger partial charge in [-0.1, -0.05) is 17.4 Å². The lowest BCUT2D eigenvalue weighted by Gasteiger charge is -2.34. The maximum absolute atomic E-state index is 12.6. The Labute approximate surface area is 159 Å². The van der Waals surface area contributed by atoms with E-state index in [4.69, 9.17) is 0 Å². The normalized spacial score (nSPS) is 15.6. The first kappa shape index (κ1) is 18.0. The fourth-order valence-electron chi connectivity index (χ4n) is 2.79. The molecule has 10 heteroatoms. The van der Waals surface area contributed by atoms with Gasteiger partial charge in [0.25, 0.3) is 0 Å². The number of amides is 1. The number of β-amino-alcohol motifs (C(OH)–C–C–N with tert-alkyl or cyclic N) is 1. The van der Waals surface area contributed by atoms with Gasteiger partial charge in [-0.15, -0.1) is 0 Å². The second kappa shape index (κ2) is 6.64. The van der Waals surface area contributed by atoms with Gasteiger partial charge in [-0.25, -0.2) is 13.4 Å². The molecule has 3 heterocycles. The smallest absolute Gasteiger partial charge is 0.244 e. The highest BCUT2D eigenvalue weighted by molar-refractivity contribution is 7.89. The third kappa shape index (κ3) is 3.44. The summed E-state index contributed by atoms with van der Waals surface area (Å²) in [4.78, 5) is 19.7. The molecule has 4 rings (SSSR count). The van der Waals surface area contributed by atoms with E-state index in [1.165, 1.54) is 28.8 Å². The van der Waals surface area contributed by atoms with Crippen molar-refractivity contribution in [3.8, 4) is 11.1 Å². The Morgan fingerprint density at radius 3 is 2.74 bits per heavy atom. The zero-order valence-electron chi connectivity index (χ0n) is 14.3. The van der Waals surface area contributed by atoms with Crippen molar-refractivity contribution in [2.45, 2.75) is 17.9 Å². The molecule has 0 radical (unpaired) electrons. The van der Waals surface area contributed by atoms with Crippen LogP contribution in [0, 0.1) is 0 Å². The van der Waals surface area contributed by atoms with E-state index in [0.717, 1.165) is 15.8 Å². The number of carbonyl (C=O) groups is 1. The van der Waals surface area contributed by atoms with Crippen LogP contribution in [0.4, 0.5) is 5.13 Å². The molecule has 1 aliphatic heterocycles. The van der Waals surface area contributed by atoms with Crippen molar-refractivity contribution in [2.75, 3.05) is 18.4 Å². The van der Waals surface area contributed by atoms with Crippen molar-refractivity contribution >= 4 is 42.6 Å². The number of nitrogens with one attached hydrogen (secondary N) is 1. The lowest BCUT2D eigenvalue weighted by atomic mass is 10.1. The minimum atomic E-state index is -3.66. The molecule has 1 fully saturated rings. The first-order valence-corrected chi connectivity index (χ1v) is 10.4. The molecule has 1 aromatic carbocycles. The number of thiazole rings is 1. The number of hydrogen-bond donors (Lipinski definition) is 2. The number of pyridine rings is 1. The molecular weight excluding hydrogens is 388 g/mol. The molecule has 0 aliphatic carbocycles. The van der Waals surface area contributed by atoms with Gasteiger partial charge in [-0.05, 0) is 23.8 Å². The molecule has 0 spiro atoms. The summed E-state index contributed by atoms with van der Waals surface area (Å²) in [5, 5.41) is 12.5. The summed E-state index contributed by atoms with van der Waals surface area (Å²) in [7, 11) is -3.66. The molecule has 2 aromatic heterocycles. The van der Waals surface area contributed by atoms with E-state index in [9.17, 15) is 18.3 Å². The van der Waals surface area contributed by atoms with Crippen LogP contribution >= 0.6 is 11.3 Å². The van der Waals surface area contributed by atoms with Crippen LogP contribution in [0.1, 0.15) is 6.92 Å². The zero-order chi connectivity index (χ0) is 19.2. The molecule has 0 saturated carbocycles. The van der Waals surface area contributed by atoms with E-state index in [1.54, 1.807) is 12.3 Å². The molecule has 0 bridgehead atoms. The van der Waals surface area contributed by atoms with Crippen molar-refractivity contribution in [3.05, 3.63) is 36.7 Å². The summed E-state index contributed by atoms with van der Waals surface area (Å²) in [5.41, 5.74) is 2.21. The van der Waals surface area contributed by atoms with Crippen LogP contribution in [-0.2, 0) is 14.8 Å². The lowest BCUT2D eigenvalue weighted by Crippen LogP contribution is -2.53. The number of carbonyl (C=O) groups excluding carboxylic acids is 1. The molecular formula is C17H16N4O4S2. The van der Waals surface area contributed by atoms with Crippen LogP contribution in [0.15, 0.2) is 41.6 Å². The molecule has 2 N–H and O–H groups in total. The number of aromatic nitrogens is 2. The molecule has 1 saturated heterocycles. The Kier molecular flexibility index (Phi) is 4.42. The second-order valence-electron chi connectivity index (χ2n) is 6.27. The lowest BCUT2D eigenvalue weighted by molar-refractivity contribution is -0.114. The highest BCUT2D eigenvalue weighted by Gasteiger charge is 2.35. The van der Waals surface area contributed by atoms with E-state index in [0.29, 0.717) is 10.7 Å². The number of benzene rings is 1. The predicted molar refractivity (Wildman–Crippen MR) is 102 cm³/mol. The number of aliphatic hydroxyl groups excluding tert-OH is 1. The van der Waals surface area contributed by atoms with Crippen LogP contribution in [0.3, 0.4) is 0 Å². The summed E-state index contributed by atoms with van der Waals surface area (Å²) in [6.07, 6.45) is 2.30. The highest BCUT2D eigenvalue weighted by Crippen LogP contribution is 2.31. The van der Waals surface area contributed by atoms with E-state index in [1.807, 2.05) is 18.2 Å². The van der Waals surface area contributed by atoms with Crippen molar-refractivity contribution in [1.82, 2.24) is 14.3 Å². The molecule has 1 amide bonds. The minimum Gasteiger partial charge on any atom is -0.390 e. The largest absolute Gasteiger partial charge is 0.390 e. The van der Waals surface area contributed by atoms with Gasteiger partial charge >= 0.3 is 0 Å². The van der Waals surface area contributed by atoms with Gasteiger partial charge < -0.3 is 10.4 Å². The summed E-state index contributed by atoms with van der Waals surface area (Å²) >= 11 is 1.34. The number of anilines is 1. The van der Waals surface area contributed by atoms with Gasteiger partial charge in [0.1, 0.15) is 4.90 Å². The fourth-order valence-corrected chi connectivity index (χ4v) is 5.24. The summed E-state index contributed by atoms with van der Waals surface area (Å²) in [6, 6.07) is 7.11. The third-order valence-electron chi connectivity index (χ3n) is 4.18. The maximum Gasteiger partial charge on any atom is 0.244 e. The second-order valence-corrected chi connectivity index (χ2v) is 9.24. The summed E-state index contributed by atoms with van der Waals surface area (Å²) in [6.45, 7) is 1.63. The Balaban J connectivity index is 1.68. The first-order valence-electron chi connectivity index (χ1n) is 8.15. The van der Waals surface area contributed by atoms with E-state index < -0.39 is 16.1 Å². The Morgan fingerprint density at radius 2 is 2.04 bits per heavy atom. The van der Waals surface area contributed by atoms with Gasteiger partial charge in [0.2, 0.25) is 15.9 Å². The quantitative estimate of drug-likeness (QED) is 0.684. The van der Waals surface area contributed by atoms with Gasteiger partial charge in [0, 0.05) is 38.0 Å². The van der Waals surface area contributed by atoms with Crippen molar-refractivity contribution in [2.24, 2.45) is 0 Å². The number of aliphatic hydroxyl groups is 1. The molecule has 0 unspecified atom stereocenters. The SMILES string of the molecule is CC(=O)Nc1nc2ccc(-c3cncc(S(=O)(=O)N4CC(O)C4)c3)cc2s1. The Morgan fingerprint density at radius 1 is 1.26 bits per heavy atom. The van der Waals surface area contributed by atoms with Crippen LogP contribution in [0.2, 0.25) is 0 Å². The molecule has 27 heavy (non-hydrogen) atoms. The van der Waals surface area contributed by atoms with Gasteiger partial charge in [0.05, 0.1) is 16.3 Å². The number of rotatable bonds is 4. The van der Waals surface area contributed by atoms with E-state index in [2.05, 4.69) is 15.3 Å². The van der Waals surface area contributed by atoms with Crippen LogP contribution in [-0.4, -0.2) is 52.9 Å². The van der Waals surface area contributed by atoms with Crippen LogP contribution < -0.4 is 5.32 Å². The number of hydrogen-bond acceptors (Lipinski definition) is 7. The van der Waals surface area contributed by atoms with Crippen LogP contribution in [0.5, 0.6) is 0 Å². The van der Waals surface area contributed by atoms with Gasteiger partial charge in [0.15, 0.2) is 5.13 Å². The molecule has 140 valence electrons. The average Bonchev–Trinajstić information content (AvgIpc) is 2.99. The van der Waals surface area contributed by atoms with E-state index in [-0.39, 0.29) is 23.9 Å². The molecule has 0 atom stereocenters. The summed E-state index contributed by atoms with van der Waals surface area (Å²) < 4.78 is 27.3. The Hall–Kier alpha value is -2.40. The van der Waals surface area contributed by atoms with Crippen molar-refractivity contribution < 1.29 is 18.3 Å². The van der Waals surface area contributed by atoms with Crippen molar-refractivity contribution in [1.29, 1.82) is 0 Å². The van der Waals surface area contributed by atoms with Crippen LogP contribution in [0.25, 0.3) is 21.3 Å². The number of sulfonamides is 1. The monoisotopic (exact) mass is 404 g/mol. The average molecular weight is 404 g/mol. The van der Waals surface area contributed by atoms with Crippen molar-refractivity contribution in [3.63, 3.8) is 0 Å². The minimum absolute atomic E-state index is 0.0928. The zero-order valence-corrected chi connectivity index (χ0v) is 15.9. The molecule has 8 nitrogen and oxygen atoms in total. The summed E-state index contributed by atoms with van der Waals surface area (Å²) in [5.74, 6) is -0.187. The first-order chi connectivity index (χ1) is 12.8. The maximum atomic E-state index is 12.6. The fraction of sp³-hybridized carbons (Fsp3) is 0.235. The predicted octanol–water partition coefficient (Wildman–Crippen LogP) is 1.68. The standard InChI is InChI=1S/C17H16N4O4S2/c1-10(22)19-17-20-15-3-2-11(5-16(15)26-17)12-4-14(7-18-6-12)27(24,25)21-8-13(23)9-21/h2-7,13,23H,8-9H2,1H3,(H,19,20,22). The molecule has 3 aromatic rings. The van der Waals surface area contributed by atoms with Gasteiger partial charge in [-0.3, -0.25) is 9.78 Å². The molecule has 1 aliphatic rings. The number of fused-ring (bicyclic) bond motifs is 1. The third-order valence-corrected chi connectivity index (χ3v) is 6.91. The highest BCUT2D eigenvalue weighted by atomic mass is 32.2. The van der Waals surface area contributed by atoms with Gasteiger partial charge in [-0.2, -0.15) is 4.31 Å². The van der Waals surface area contributed by atoms with E-state index >= 15 is 0 Å². The topological polar surface area (TPSA) is 112 Å². The number of nitrogens with zero attached hydrogens (tertiary/aromatic N) is 3. The Bertz CT molecular complexity index is 1140.